The molecule has 2 nitrogen and oxygen atoms in total. The lowest BCUT2D eigenvalue weighted by atomic mass is 9.98. The van der Waals surface area contributed by atoms with Gasteiger partial charge >= 0.3 is 0 Å². The summed E-state index contributed by atoms with van der Waals surface area (Å²) in [6.45, 7) is 0. The van der Waals surface area contributed by atoms with Gasteiger partial charge in [-0.05, 0) is 12.3 Å². The van der Waals surface area contributed by atoms with Crippen LogP contribution in [0.15, 0.2) is 11.7 Å². The molecule has 1 aliphatic carbocycles. The molecule has 1 heterocycles. The van der Waals surface area contributed by atoms with Crippen molar-refractivity contribution < 1.29 is 0 Å². The summed E-state index contributed by atoms with van der Waals surface area (Å²) in [6, 6.07) is 0.232. The molecule has 1 saturated carbocycles. The Bertz CT molecular complexity index is 239. The van der Waals surface area contributed by atoms with Gasteiger partial charge in [0.05, 0.1) is 5.51 Å². The zero-order chi connectivity index (χ0) is 9.10. The van der Waals surface area contributed by atoms with E-state index in [0.717, 1.165) is 12.3 Å². The first-order valence-corrected chi connectivity index (χ1v) is 5.88. The standard InChI is InChI=1S/C10H16N2S/c11-9(10-6-12-7-13-10)5-8-3-1-2-4-8/h6-9H,1-5,11H2. The van der Waals surface area contributed by atoms with Crippen LogP contribution in [0.4, 0.5) is 0 Å². The van der Waals surface area contributed by atoms with Crippen molar-refractivity contribution in [1.82, 2.24) is 4.98 Å². The van der Waals surface area contributed by atoms with E-state index in [1.165, 1.54) is 30.6 Å². The van der Waals surface area contributed by atoms with Crippen LogP contribution in [0, 0.1) is 5.92 Å². The van der Waals surface area contributed by atoms with Gasteiger partial charge in [0.1, 0.15) is 0 Å². The van der Waals surface area contributed by atoms with E-state index < -0.39 is 0 Å². The maximum Gasteiger partial charge on any atom is 0.0794 e. The summed E-state index contributed by atoms with van der Waals surface area (Å²) >= 11 is 1.68. The van der Waals surface area contributed by atoms with Gasteiger partial charge in [-0.1, -0.05) is 25.7 Å². The summed E-state index contributed by atoms with van der Waals surface area (Å²) in [5.74, 6) is 0.872. The van der Waals surface area contributed by atoms with E-state index in [1.54, 1.807) is 11.3 Å². The fourth-order valence-electron chi connectivity index (χ4n) is 2.13. The lowest BCUT2D eigenvalue weighted by Gasteiger charge is -2.13. The van der Waals surface area contributed by atoms with E-state index in [9.17, 15) is 0 Å². The summed E-state index contributed by atoms with van der Waals surface area (Å²) in [5.41, 5.74) is 7.95. The summed E-state index contributed by atoms with van der Waals surface area (Å²) < 4.78 is 0. The molecule has 1 atom stereocenters. The lowest BCUT2D eigenvalue weighted by Crippen LogP contribution is -2.12. The molecule has 0 saturated heterocycles. The van der Waals surface area contributed by atoms with Gasteiger partial charge in [-0.25, -0.2) is 0 Å². The highest BCUT2D eigenvalue weighted by molar-refractivity contribution is 7.09. The molecule has 3 heteroatoms. The van der Waals surface area contributed by atoms with E-state index in [0.29, 0.717) is 0 Å². The molecule has 0 amide bonds. The highest BCUT2D eigenvalue weighted by Crippen LogP contribution is 2.32. The van der Waals surface area contributed by atoms with Crippen molar-refractivity contribution in [3.8, 4) is 0 Å². The molecular formula is C10H16N2S. The Kier molecular flexibility index (Phi) is 2.96. The van der Waals surface area contributed by atoms with Gasteiger partial charge in [-0.15, -0.1) is 11.3 Å². The molecule has 1 aromatic heterocycles. The number of nitrogens with zero attached hydrogens (tertiary/aromatic N) is 1. The van der Waals surface area contributed by atoms with Crippen LogP contribution in [0.2, 0.25) is 0 Å². The number of nitrogens with two attached hydrogens (primary N) is 1. The molecule has 72 valence electrons. The first-order valence-electron chi connectivity index (χ1n) is 5.00. The first kappa shape index (κ1) is 9.16. The van der Waals surface area contributed by atoms with E-state index in [-0.39, 0.29) is 6.04 Å². The Morgan fingerprint density at radius 3 is 2.92 bits per heavy atom. The second kappa shape index (κ2) is 4.20. The second-order valence-electron chi connectivity index (χ2n) is 3.90. The van der Waals surface area contributed by atoms with Gasteiger partial charge in [0.2, 0.25) is 0 Å². The van der Waals surface area contributed by atoms with Gasteiger partial charge in [0, 0.05) is 17.1 Å². The molecule has 2 rings (SSSR count). The Morgan fingerprint density at radius 1 is 1.54 bits per heavy atom. The normalized spacial score (nSPS) is 20.7. The molecule has 0 aromatic carbocycles. The third kappa shape index (κ3) is 2.29. The number of aromatic nitrogens is 1. The Labute approximate surface area is 83.2 Å². The molecule has 1 fully saturated rings. The molecule has 0 aliphatic heterocycles. The maximum absolute atomic E-state index is 6.09. The minimum Gasteiger partial charge on any atom is -0.323 e. The van der Waals surface area contributed by atoms with Gasteiger partial charge in [0.25, 0.3) is 0 Å². The van der Waals surface area contributed by atoms with Crippen LogP contribution >= 0.6 is 11.3 Å². The third-order valence-corrected chi connectivity index (χ3v) is 3.79. The van der Waals surface area contributed by atoms with Crippen LogP contribution in [-0.2, 0) is 0 Å². The Hall–Kier alpha value is -0.410. The van der Waals surface area contributed by atoms with Crippen LogP contribution in [0.5, 0.6) is 0 Å². The average molecular weight is 196 g/mol. The summed E-state index contributed by atoms with van der Waals surface area (Å²) in [7, 11) is 0. The third-order valence-electron chi connectivity index (χ3n) is 2.88. The summed E-state index contributed by atoms with van der Waals surface area (Å²) in [6.07, 6.45) is 8.63. The highest BCUT2D eigenvalue weighted by atomic mass is 32.1. The van der Waals surface area contributed by atoms with E-state index in [4.69, 9.17) is 5.73 Å². The molecule has 13 heavy (non-hydrogen) atoms. The topological polar surface area (TPSA) is 38.9 Å². The smallest absolute Gasteiger partial charge is 0.0794 e. The van der Waals surface area contributed by atoms with E-state index in [2.05, 4.69) is 4.98 Å². The minimum atomic E-state index is 0.232. The van der Waals surface area contributed by atoms with Crippen molar-refractivity contribution in [2.75, 3.05) is 0 Å². The van der Waals surface area contributed by atoms with Gasteiger partial charge in [0.15, 0.2) is 0 Å². The van der Waals surface area contributed by atoms with Gasteiger partial charge in [-0.2, -0.15) is 0 Å². The van der Waals surface area contributed by atoms with Crippen molar-refractivity contribution >= 4 is 11.3 Å². The minimum absolute atomic E-state index is 0.232. The zero-order valence-electron chi connectivity index (χ0n) is 7.78. The average Bonchev–Trinajstić information content (AvgIpc) is 2.74. The molecule has 0 spiro atoms. The number of thiazole rings is 1. The van der Waals surface area contributed by atoms with Gasteiger partial charge in [-0.3, -0.25) is 4.98 Å². The van der Waals surface area contributed by atoms with Crippen molar-refractivity contribution in [2.45, 2.75) is 38.1 Å². The Morgan fingerprint density at radius 2 is 2.31 bits per heavy atom. The molecule has 2 N–H and O–H groups in total. The van der Waals surface area contributed by atoms with Crippen LogP contribution in [0.25, 0.3) is 0 Å². The van der Waals surface area contributed by atoms with Crippen LogP contribution < -0.4 is 5.73 Å². The number of hydrogen-bond donors (Lipinski definition) is 1. The monoisotopic (exact) mass is 196 g/mol. The van der Waals surface area contributed by atoms with Crippen LogP contribution in [0.1, 0.15) is 43.0 Å². The fraction of sp³-hybridized carbons (Fsp3) is 0.700. The predicted molar refractivity (Wildman–Crippen MR) is 55.6 cm³/mol. The SMILES string of the molecule is NC(CC1CCCC1)c1cncs1. The first-order chi connectivity index (χ1) is 6.36. The quantitative estimate of drug-likeness (QED) is 0.807. The molecule has 1 aliphatic rings. The van der Waals surface area contributed by atoms with Crippen molar-refractivity contribution in [1.29, 1.82) is 0 Å². The number of rotatable bonds is 3. The Balaban J connectivity index is 1.87. The second-order valence-corrected chi connectivity index (χ2v) is 4.81. The molecule has 1 aromatic rings. The van der Waals surface area contributed by atoms with E-state index >= 15 is 0 Å². The van der Waals surface area contributed by atoms with E-state index in [1.807, 2.05) is 11.7 Å². The molecular weight excluding hydrogens is 180 g/mol. The fourth-order valence-corrected chi connectivity index (χ4v) is 2.77. The molecule has 1 unspecified atom stereocenters. The number of hydrogen-bond acceptors (Lipinski definition) is 3. The van der Waals surface area contributed by atoms with Crippen LogP contribution in [0.3, 0.4) is 0 Å². The summed E-state index contributed by atoms with van der Waals surface area (Å²) in [5, 5.41) is 0. The van der Waals surface area contributed by atoms with Gasteiger partial charge < -0.3 is 5.73 Å². The molecule has 0 radical (unpaired) electrons. The van der Waals surface area contributed by atoms with Crippen LogP contribution in [-0.4, -0.2) is 4.98 Å². The largest absolute Gasteiger partial charge is 0.323 e. The summed E-state index contributed by atoms with van der Waals surface area (Å²) in [4.78, 5) is 5.30. The maximum atomic E-state index is 6.09. The molecule has 0 bridgehead atoms. The lowest BCUT2D eigenvalue weighted by molar-refractivity contribution is 0.454. The zero-order valence-corrected chi connectivity index (χ0v) is 8.59. The highest BCUT2D eigenvalue weighted by Gasteiger charge is 2.19. The van der Waals surface area contributed by atoms with Crippen molar-refractivity contribution in [3.05, 3.63) is 16.6 Å². The van der Waals surface area contributed by atoms with Crippen molar-refractivity contribution in [2.24, 2.45) is 11.7 Å². The predicted octanol–water partition coefficient (Wildman–Crippen LogP) is 2.72. The van der Waals surface area contributed by atoms with Crippen molar-refractivity contribution in [3.63, 3.8) is 0 Å².